The zero-order valence-corrected chi connectivity index (χ0v) is 12.6. The van der Waals surface area contributed by atoms with E-state index >= 15 is 0 Å². The van der Waals surface area contributed by atoms with E-state index in [9.17, 15) is 8.42 Å². The molecule has 0 spiro atoms. The number of hydrogen-bond acceptors (Lipinski definition) is 4. The Morgan fingerprint density at radius 1 is 1.29 bits per heavy atom. The third-order valence-electron chi connectivity index (χ3n) is 3.38. The average Bonchev–Trinajstić information content (AvgIpc) is 3.09. The molecule has 112 valence electrons. The van der Waals surface area contributed by atoms with Gasteiger partial charge in [-0.1, -0.05) is 6.07 Å². The van der Waals surface area contributed by atoms with Gasteiger partial charge in [0.2, 0.25) is 5.89 Å². The fourth-order valence-corrected chi connectivity index (χ4v) is 3.64. The van der Waals surface area contributed by atoms with Crippen molar-refractivity contribution in [2.24, 2.45) is 0 Å². The summed E-state index contributed by atoms with van der Waals surface area (Å²) < 4.78 is 34.0. The van der Waals surface area contributed by atoms with Gasteiger partial charge in [0.25, 0.3) is 0 Å². The van der Waals surface area contributed by atoms with Gasteiger partial charge in [-0.2, -0.15) is 12.7 Å². The Morgan fingerprint density at radius 3 is 2.71 bits per heavy atom. The van der Waals surface area contributed by atoms with Gasteiger partial charge in [0.05, 0.1) is 11.9 Å². The maximum absolute atomic E-state index is 12.2. The molecule has 1 aliphatic rings. The molecule has 6 nitrogen and oxygen atoms in total. The highest BCUT2D eigenvalue weighted by atomic mass is 32.2. The average molecular weight is 307 g/mol. The summed E-state index contributed by atoms with van der Waals surface area (Å²) in [6.45, 7) is 2.97. The molecule has 2 aromatic rings. The molecular formula is C14H17N3O3S. The summed E-state index contributed by atoms with van der Waals surface area (Å²) in [4.78, 5) is 4.15. The van der Waals surface area contributed by atoms with Crippen molar-refractivity contribution < 1.29 is 12.8 Å². The molecule has 1 aliphatic heterocycles. The molecule has 21 heavy (non-hydrogen) atoms. The van der Waals surface area contributed by atoms with Gasteiger partial charge < -0.3 is 4.42 Å². The number of benzene rings is 1. The van der Waals surface area contributed by atoms with E-state index in [0.717, 1.165) is 18.4 Å². The number of nitrogens with one attached hydrogen (secondary N) is 1. The Balaban J connectivity index is 1.83. The van der Waals surface area contributed by atoms with Crippen LogP contribution in [0.1, 0.15) is 18.6 Å². The van der Waals surface area contributed by atoms with Gasteiger partial charge in [-0.25, -0.2) is 4.98 Å². The first-order chi connectivity index (χ1) is 10.0. The first kappa shape index (κ1) is 14.1. The van der Waals surface area contributed by atoms with Crippen molar-refractivity contribution in [3.05, 3.63) is 36.2 Å². The molecule has 0 amide bonds. The van der Waals surface area contributed by atoms with Crippen LogP contribution >= 0.6 is 0 Å². The van der Waals surface area contributed by atoms with Crippen LogP contribution in [0.4, 0.5) is 5.69 Å². The zero-order chi connectivity index (χ0) is 14.9. The lowest BCUT2D eigenvalue weighted by Gasteiger charge is -2.17. The van der Waals surface area contributed by atoms with Gasteiger partial charge in [0.15, 0.2) is 0 Å². The van der Waals surface area contributed by atoms with Crippen LogP contribution in [0.2, 0.25) is 0 Å². The van der Waals surface area contributed by atoms with Gasteiger partial charge in [-0.05, 0) is 38.0 Å². The van der Waals surface area contributed by atoms with Gasteiger partial charge in [0, 0.05) is 18.7 Å². The Hall–Kier alpha value is -1.86. The summed E-state index contributed by atoms with van der Waals surface area (Å²) in [5.74, 6) is 1.20. The minimum Gasteiger partial charge on any atom is -0.441 e. The van der Waals surface area contributed by atoms with Crippen molar-refractivity contribution in [1.29, 1.82) is 0 Å². The minimum atomic E-state index is -3.47. The van der Waals surface area contributed by atoms with Gasteiger partial charge >= 0.3 is 10.2 Å². The van der Waals surface area contributed by atoms with E-state index in [0.29, 0.717) is 30.4 Å². The molecule has 0 atom stereocenters. The fraction of sp³-hybridized carbons (Fsp3) is 0.357. The molecule has 0 radical (unpaired) electrons. The number of nitrogens with zero attached hydrogens (tertiary/aromatic N) is 2. The summed E-state index contributed by atoms with van der Waals surface area (Å²) in [5, 5.41) is 0. The van der Waals surface area contributed by atoms with E-state index in [2.05, 4.69) is 9.71 Å². The molecule has 0 unspecified atom stereocenters. The minimum absolute atomic E-state index is 0.481. The highest BCUT2D eigenvalue weighted by Crippen LogP contribution is 2.24. The van der Waals surface area contributed by atoms with Crippen molar-refractivity contribution in [3.8, 4) is 11.5 Å². The molecular weight excluding hydrogens is 290 g/mol. The lowest BCUT2D eigenvalue weighted by molar-refractivity contribution is 0.482. The van der Waals surface area contributed by atoms with Gasteiger partial charge in [-0.15, -0.1) is 0 Å². The highest BCUT2D eigenvalue weighted by Gasteiger charge is 2.25. The lowest BCUT2D eigenvalue weighted by Crippen LogP contribution is -2.33. The van der Waals surface area contributed by atoms with Crippen molar-refractivity contribution >= 4 is 15.9 Å². The Morgan fingerprint density at radius 2 is 2.05 bits per heavy atom. The molecule has 3 rings (SSSR count). The second-order valence-electron chi connectivity index (χ2n) is 5.07. The molecule has 1 saturated heterocycles. The molecule has 0 aliphatic carbocycles. The Bertz CT molecular complexity index is 733. The van der Waals surface area contributed by atoms with Crippen molar-refractivity contribution in [1.82, 2.24) is 9.29 Å². The van der Waals surface area contributed by atoms with E-state index in [-0.39, 0.29) is 0 Å². The molecule has 1 N–H and O–H groups in total. The smallest absolute Gasteiger partial charge is 0.301 e. The van der Waals surface area contributed by atoms with Crippen molar-refractivity contribution in [2.75, 3.05) is 17.8 Å². The number of rotatable bonds is 4. The van der Waals surface area contributed by atoms with E-state index in [1.54, 1.807) is 24.4 Å². The number of aromatic nitrogens is 1. The predicted molar refractivity (Wildman–Crippen MR) is 80.0 cm³/mol. The molecule has 0 bridgehead atoms. The monoisotopic (exact) mass is 307 g/mol. The van der Waals surface area contributed by atoms with Crippen LogP contribution in [0.25, 0.3) is 11.5 Å². The number of anilines is 1. The quantitative estimate of drug-likeness (QED) is 0.941. The second-order valence-corrected chi connectivity index (χ2v) is 6.74. The van der Waals surface area contributed by atoms with E-state index < -0.39 is 10.2 Å². The molecule has 7 heteroatoms. The van der Waals surface area contributed by atoms with Crippen molar-refractivity contribution in [3.63, 3.8) is 0 Å². The highest BCUT2D eigenvalue weighted by molar-refractivity contribution is 7.90. The summed E-state index contributed by atoms with van der Waals surface area (Å²) in [6, 6.07) is 7.04. The maximum atomic E-state index is 12.2. The van der Waals surface area contributed by atoms with E-state index in [4.69, 9.17) is 4.42 Å². The number of oxazole rings is 1. The Kier molecular flexibility index (Phi) is 3.69. The lowest BCUT2D eigenvalue weighted by atomic mass is 10.2. The van der Waals surface area contributed by atoms with E-state index in [1.807, 2.05) is 13.0 Å². The molecule has 1 aromatic heterocycles. The molecule has 1 aromatic carbocycles. The topological polar surface area (TPSA) is 75.4 Å². The normalized spacial score (nSPS) is 16.2. The van der Waals surface area contributed by atoms with Crippen LogP contribution in [-0.2, 0) is 10.2 Å². The predicted octanol–water partition coefficient (Wildman–Crippen LogP) is 2.40. The van der Waals surface area contributed by atoms with Crippen LogP contribution in [0, 0.1) is 6.92 Å². The number of hydrogen-bond donors (Lipinski definition) is 1. The maximum Gasteiger partial charge on any atom is 0.301 e. The number of aryl methyl sites for hydroxylation is 1. The Labute approximate surface area is 124 Å². The van der Waals surface area contributed by atoms with Crippen LogP contribution in [0.15, 0.2) is 34.9 Å². The molecule has 0 saturated carbocycles. The standard InChI is InChI=1S/C14H17N3O3S/c1-11-10-15-14(20-11)12-5-4-6-13(9-12)16-21(18,19)17-7-2-3-8-17/h4-6,9-10,16H,2-3,7-8H2,1H3. The second kappa shape index (κ2) is 5.50. The zero-order valence-electron chi connectivity index (χ0n) is 11.7. The van der Waals surface area contributed by atoms with Gasteiger partial charge in [-0.3, -0.25) is 4.72 Å². The van der Waals surface area contributed by atoms with Crippen LogP contribution in [0.3, 0.4) is 0 Å². The first-order valence-corrected chi connectivity index (χ1v) is 8.29. The summed E-state index contributed by atoms with van der Waals surface area (Å²) >= 11 is 0. The molecule has 1 fully saturated rings. The van der Waals surface area contributed by atoms with Crippen LogP contribution in [-0.4, -0.2) is 30.8 Å². The SMILES string of the molecule is Cc1cnc(-c2cccc(NS(=O)(=O)N3CCCC3)c2)o1. The van der Waals surface area contributed by atoms with Crippen LogP contribution in [0.5, 0.6) is 0 Å². The summed E-state index contributed by atoms with van der Waals surface area (Å²) in [5.41, 5.74) is 1.25. The fourth-order valence-electron chi connectivity index (χ4n) is 2.35. The third kappa shape index (κ3) is 3.08. The largest absolute Gasteiger partial charge is 0.441 e. The summed E-state index contributed by atoms with van der Waals surface area (Å²) in [7, 11) is -3.47. The summed E-state index contributed by atoms with van der Waals surface area (Å²) in [6.07, 6.45) is 3.46. The van der Waals surface area contributed by atoms with Crippen molar-refractivity contribution in [2.45, 2.75) is 19.8 Å². The third-order valence-corrected chi connectivity index (χ3v) is 4.92. The van der Waals surface area contributed by atoms with Gasteiger partial charge in [0.1, 0.15) is 5.76 Å². The first-order valence-electron chi connectivity index (χ1n) is 6.85. The van der Waals surface area contributed by atoms with Crippen LogP contribution < -0.4 is 4.72 Å². The van der Waals surface area contributed by atoms with E-state index in [1.165, 1.54) is 4.31 Å². The molecule has 2 heterocycles.